The molecular formula is C29H34N4O4. The highest BCUT2D eigenvalue weighted by atomic mass is 16.5. The summed E-state index contributed by atoms with van der Waals surface area (Å²) in [6.45, 7) is 6.98. The molecule has 1 saturated heterocycles. The summed E-state index contributed by atoms with van der Waals surface area (Å²) in [6.07, 6.45) is 2.75. The third-order valence-corrected chi connectivity index (χ3v) is 8.27. The molecular weight excluding hydrogens is 468 g/mol. The van der Waals surface area contributed by atoms with Gasteiger partial charge in [0.25, 0.3) is 5.56 Å². The Morgan fingerprint density at radius 1 is 1.22 bits per heavy atom. The lowest BCUT2D eigenvalue weighted by molar-refractivity contribution is -0.153. The Morgan fingerprint density at radius 3 is 2.73 bits per heavy atom. The molecule has 0 aliphatic carbocycles. The number of cyclic esters (lactones) is 1. The van der Waals surface area contributed by atoms with Gasteiger partial charge in [0, 0.05) is 23.1 Å². The van der Waals surface area contributed by atoms with Crippen LogP contribution in [-0.2, 0) is 34.6 Å². The molecule has 0 amide bonds. The number of esters is 1. The van der Waals surface area contributed by atoms with Gasteiger partial charge in [-0.3, -0.25) is 9.59 Å². The van der Waals surface area contributed by atoms with E-state index < -0.39 is 5.41 Å². The first kappa shape index (κ1) is 24.1. The van der Waals surface area contributed by atoms with Crippen LogP contribution in [0.15, 0.2) is 29.1 Å². The molecule has 5 heterocycles. The van der Waals surface area contributed by atoms with Crippen molar-refractivity contribution >= 4 is 16.9 Å². The molecule has 194 valence electrons. The molecule has 3 aliphatic heterocycles. The highest BCUT2D eigenvalue weighted by molar-refractivity contribution is 5.89. The fourth-order valence-electron chi connectivity index (χ4n) is 5.94. The summed E-state index contributed by atoms with van der Waals surface area (Å²) < 4.78 is 13.7. The van der Waals surface area contributed by atoms with E-state index in [2.05, 4.69) is 30.4 Å². The van der Waals surface area contributed by atoms with Gasteiger partial charge in [0.2, 0.25) is 0 Å². The molecule has 3 aliphatic rings. The van der Waals surface area contributed by atoms with Crippen LogP contribution >= 0.6 is 0 Å². The first-order chi connectivity index (χ1) is 17.8. The van der Waals surface area contributed by atoms with E-state index in [9.17, 15) is 9.59 Å². The molecule has 0 unspecified atom stereocenters. The minimum Gasteiger partial charge on any atom is -0.490 e. The van der Waals surface area contributed by atoms with Gasteiger partial charge in [-0.2, -0.15) is 0 Å². The Hall–Kier alpha value is -3.23. The number of hydrogen-bond acceptors (Lipinski definition) is 7. The second-order valence-corrected chi connectivity index (χ2v) is 11.0. The van der Waals surface area contributed by atoms with Gasteiger partial charge in [0.05, 0.1) is 34.4 Å². The summed E-state index contributed by atoms with van der Waals surface area (Å²) in [6, 6.07) is 8.25. The van der Waals surface area contributed by atoms with Crippen LogP contribution in [0.2, 0.25) is 0 Å². The van der Waals surface area contributed by atoms with Gasteiger partial charge >= 0.3 is 5.97 Å². The van der Waals surface area contributed by atoms with Gasteiger partial charge in [0.15, 0.2) is 0 Å². The number of carbonyl (C=O) groups is 1. The lowest BCUT2D eigenvalue weighted by atomic mass is 9.76. The van der Waals surface area contributed by atoms with Crippen LogP contribution in [0.1, 0.15) is 55.4 Å². The third-order valence-electron chi connectivity index (χ3n) is 8.27. The standard InChI is InChI=1S/C29H34N4O4/c1-5-29(2)22-13-24-26-17(14-33(24)27(34)21(22)16-36-28(29)35)12-19-20(15-32(3)4)25(7-6-23(19)31-26)37-18-8-10-30-11-9-18/h6-7,12-13,18,30H,5,8-11,14-16H2,1-4H3/t29-/m1/s1. The molecule has 1 N–H and O–H groups in total. The molecule has 3 aromatic rings. The first-order valence-electron chi connectivity index (χ1n) is 13.2. The average molecular weight is 503 g/mol. The monoisotopic (exact) mass is 502 g/mol. The minimum atomic E-state index is -0.832. The topological polar surface area (TPSA) is 85.7 Å². The van der Waals surface area contributed by atoms with Crippen LogP contribution in [0.25, 0.3) is 22.3 Å². The van der Waals surface area contributed by atoms with E-state index >= 15 is 0 Å². The maximum Gasteiger partial charge on any atom is 0.316 e. The SMILES string of the molecule is CC[C@@]1(C)C(=O)OCc2c1cc1n(c2=O)Cc2cc3c(CN(C)C)c(OC4CCNCC4)ccc3nc2-1. The van der Waals surface area contributed by atoms with E-state index in [1.54, 1.807) is 4.57 Å². The number of fused-ring (bicyclic) bond motifs is 5. The van der Waals surface area contributed by atoms with Crippen LogP contribution in [-0.4, -0.2) is 53.7 Å². The van der Waals surface area contributed by atoms with Crippen molar-refractivity contribution in [2.75, 3.05) is 27.2 Å². The Kier molecular flexibility index (Phi) is 5.84. The molecule has 1 fully saturated rings. The fourth-order valence-corrected chi connectivity index (χ4v) is 5.94. The summed E-state index contributed by atoms with van der Waals surface area (Å²) in [5.74, 6) is 0.638. The minimum absolute atomic E-state index is 0.0268. The average Bonchev–Trinajstić information content (AvgIpc) is 3.25. The lowest BCUT2D eigenvalue weighted by Crippen LogP contribution is -2.42. The number of pyridine rings is 2. The highest BCUT2D eigenvalue weighted by Gasteiger charge is 2.43. The predicted octanol–water partition coefficient (Wildman–Crippen LogP) is 3.34. The van der Waals surface area contributed by atoms with Crippen LogP contribution in [0, 0.1) is 0 Å². The predicted molar refractivity (Wildman–Crippen MR) is 142 cm³/mol. The van der Waals surface area contributed by atoms with Crippen molar-refractivity contribution in [1.29, 1.82) is 0 Å². The van der Waals surface area contributed by atoms with Crippen LogP contribution in [0.3, 0.4) is 0 Å². The molecule has 6 rings (SSSR count). The summed E-state index contributed by atoms with van der Waals surface area (Å²) >= 11 is 0. The van der Waals surface area contributed by atoms with Gasteiger partial charge in [0.1, 0.15) is 18.5 Å². The molecule has 1 atom stereocenters. The zero-order valence-corrected chi connectivity index (χ0v) is 22.0. The van der Waals surface area contributed by atoms with Crippen LogP contribution in [0.5, 0.6) is 5.75 Å². The number of nitrogens with one attached hydrogen (secondary N) is 1. The first-order valence-corrected chi connectivity index (χ1v) is 13.2. The van der Waals surface area contributed by atoms with Crippen molar-refractivity contribution in [2.45, 2.75) is 64.3 Å². The van der Waals surface area contributed by atoms with Gasteiger partial charge in [-0.05, 0) is 83.2 Å². The number of rotatable bonds is 5. The van der Waals surface area contributed by atoms with Crippen molar-refractivity contribution in [3.63, 3.8) is 0 Å². The van der Waals surface area contributed by atoms with E-state index in [-0.39, 0.29) is 24.2 Å². The number of piperidine rings is 1. The zero-order chi connectivity index (χ0) is 25.9. The van der Waals surface area contributed by atoms with E-state index in [1.807, 2.05) is 32.0 Å². The molecule has 37 heavy (non-hydrogen) atoms. The van der Waals surface area contributed by atoms with Gasteiger partial charge < -0.3 is 24.3 Å². The van der Waals surface area contributed by atoms with Crippen molar-refractivity contribution in [2.24, 2.45) is 0 Å². The summed E-state index contributed by atoms with van der Waals surface area (Å²) in [5.41, 5.74) is 5.03. The fraction of sp³-hybridized carbons (Fsp3) is 0.483. The van der Waals surface area contributed by atoms with E-state index in [4.69, 9.17) is 14.5 Å². The number of nitrogens with zero attached hydrogens (tertiary/aromatic N) is 3. The van der Waals surface area contributed by atoms with Gasteiger partial charge in [-0.25, -0.2) is 4.98 Å². The van der Waals surface area contributed by atoms with Crippen molar-refractivity contribution in [3.8, 4) is 17.1 Å². The van der Waals surface area contributed by atoms with Crippen LogP contribution < -0.4 is 15.6 Å². The number of benzene rings is 1. The molecule has 0 bridgehead atoms. The third kappa shape index (κ3) is 3.85. The Morgan fingerprint density at radius 2 is 2.00 bits per heavy atom. The van der Waals surface area contributed by atoms with E-state index in [1.165, 1.54) is 0 Å². The molecule has 1 aromatic carbocycles. The van der Waals surface area contributed by atoms with Crippen LogP contribution in [0.4, 0.5) is 0 Å². The van der Waals surface area contributed by atoms with E-state index in [0.717, 1.165) is 77.2 Å². The molecule has 2 aromatic heterocycles. The van der Waals surface area contributed by atoms with Gasteiger partial charge in [-0.15, -0.1) is 0 Å². The lowest BCUT2D eigenvalue weighted by Gasteiger charge is -2.33. The van der Waals surface area contributed by atoms with Crippen molar-refractivity contribution in [3.05, 3.63) is 56.9 Å². The molecule has 8 heteroatoms. The number of aromatic nitrogens is 2. The highest BCUT2D eigenvalue weighted by Crippen LogP contribution is 2.41. The zero-order valence-electron chi connectivity index (χ0n) is 22.0. The molecule has 0 spiro atoms. The normalized spacial score (nSPS) is 21.1. The molecule has 0 saturated carbocycles. The van der Waals surface area contributed by atoms with Crippen molar-refractivity contribution in [1.82, 2.24) is 19.8 Å². The molecule has 8 nitrogen and oxygen atoms in total. The largest absolute Gasteiger partial charge is 0.490 e. The second-order valence-electron chi connectivity index (χ2n) is 11.0. The number of carbonyl (C=O) groups excluding carboxylic acids is 1. The van der Waals surface area contributed by atoms with E-state index in [0.29, 0.717) is 18.5 Å². The summed E-state index contributed by atoms with van der Waals surface area (Å²) in [5, 5.41) is 4.45. The Bertz CT molecular complexity index is 1470. The summed E-state index contributed by atoms with van der Waals surface area (Å²) in [7, 11) is 4.12. The summed E-state index contributed by atoms with van der Waals surface area (Å²) in [4.78, 5) is 33.5. The van der Waals surface area contributed by atoms with Crippen molar-refractivity contribution < 1.29 is 14.3 Å². The maximum atomic E-state index is 13.6. The van der Waals surface area contributed by atoms with Gasteiger partial charge in [-0.1, -0.05) is 6.92 Å². The maximum absolute atomic E-state index is 13.6. The Balaban J connectivity index is 1.48. The second kappa shape index (κ2) is 8.96. The Labute approximate surface area is 216 Å². The number of ether oxygens (including phenoxy) is 2. The quantitative estimate of drug-likeness (QED) is 0.419. The smallest absolute Gasteiger partial charge is 0.316 e. The molecule has 0 radical (unpaired) electrons. The number of hydrogen-bond donors (Lipinski definition) is 1.